The molecule has 5 heterocycles. The van der Waals surface area contributed by atoms with Crippen LogP contribution in [0.3, 0.4) is 0 Å². The van der Waals surface area contributed by atoms with E-state index in [0.29, 0.717) is 29.0 Å². The van der Waals surface area contributed by atoms with Crippen molar-refractivity contribution in [2.45, 2.75) is 96.2 Å². The van der Waals surface area contributed by atoms with Crippen molar-refractivity contribution in [1.82, 2.24) is 9.80 Å². The van der Waals surface area contributed by atoms with E-state index in [9.17, 15) is 9.59 Å². The SMILES string of the molecule is Cc1c(CC(=O)N2CCCC3=C[C@H]4C[C@@H](CN5CCCC[C@H]45)[C@@H]32)c(=O)oc2cc3c(cc12)CCC(C)(C)O3. The van der Waals surface area contributed by atoms with Crippen LogP contribution in [-0.4, -0.2) is 53.0 Å². The molecule has 4 atom stereocenters. The number of hydrogen-bond donors (Lipinski definition) is 0. The molecular formula is C32H40N2O4. The second-order valence-corrected chi connectivity index (χ2v) is 13.1. The average molecular weight is 517 g/mol. The zero-order valence-electron chi connectivity index (χ0n) is 23.1. The van der Waals surface area contributed by atoms with Crippen LogP contribution in [0.25, 0.3) is 11.0 Å². The van der Waals surface area contributed by atoms with Gasteiger partial charge < -0.3 is 14.1 Å². The molecule has 2 aromatic rings. The number of ether oxygens (including phenoxy) is 1. The highest BCUT2D eigenvalue weighted by Gasteiger charge is 2.47. The third kappa shape index (κ3) is 4.02. The van der Waals surface area contributed by atoms with E-state index in [4.69, 9.17) is 9.15 Å². The largest absolute Gasteiger partial charge is 0.487 e. The lowest BCUT2D eigenvalue weighted by Gasteiger charge is -2.54. The molecule has 0 spiro atoms. The number of amides is 1. The number of hydrogen-bond acceptors (Lipinski definition) is 5. The van der Waals surface area contributed by atoms with E-state index >= 15 is 0 Å². The fourth-order valence-electron chi connectivity index (χ4n) is 8.25. The number of benzene rings is 1. The van der Waals surface area contributed by atoms with Gasteiger partial charge in [-0.3, -0.25) is 9.69 Å². The number of carbonyl (C=O) groups excluding carboxylic acids is 1. The van der Waals surface area contributed by atoms with Gasteiger partial charge in [0, 0.05) is 30.6 Å². The summed E-state index contributed by atoms with van der Waals surface area (Å²) in [5.41, 5.74) is 3.90. The smallest absolute Gasteiger partial charge is 0.340 e. The van der Waals surface area contributed by atoms with Gasteiger partial charge in [0.1, 0.15) is 16.9 Å². The maximum Gasteiger partial charge on any atom is 0.340 e. The molecule has 3 saturated heterocycles. The minimum atomic E-state index is -0.399. The van der Waals surface area contributed by atoms with Crippen molar-refractivity contribution in [2.75, 3.05) is 19.6 Å². The lowest BCUT2D eigenvalue weighted by atomic mass is 9.68. The molecule has 202 valence electrons. The first-order valence-corrected chi connectivity index (χ1v) is 14.8. The van der Waals surface area contributed by atoms with Crippen LogP contribution in [0.2, 0.25) is 0 Å². The van der Waals surface area contributed by atoms with E-state index in [1.165, 1.54) is 37.8 Å². The Kier molecular flexibility index (Phi) is 5.77. The Morgan fingerprint density at radius 3 is 2.87 bits per heavy atom. The quantitative estimate of drug-likeness (QED) is 0.407. The highest BCUT2D eigenvalue weighted by atomic mass is 16.5. The Bertz CT molecular complexity index is 1390. The number of aryl methyl sites for hydroxylation is 2. The van der Waals surface area contributed by atoms with Crippen molar-refractivity contribution in [3.05, 3.63) is 50.9 Å². The Labute approximate surface area is 225 Å². The fourth-order valence-corrected chi connectivity index (χ4v) is 8.25. The zero-order valence-corrected chi connectivity index (χ0v) is 23.1. The van der Waals surface area contributed by atoms with E-state index in [1.807, 2.05) is 13.0 Å². The summed E-state index contributed by atoms with van der Waals surface area (Å²) in [6, 6.07) is 4.86. The molecule has 6 nitrogen and oxygen atoms in total. The lowest BCUT2D eigenvalue weighted by Crippen LogP contribution is -2.60. The number of nitrogens with zero attached hydrogens (tertiary/aromatic N) is 2. The Morgan fingerprint density at radius 2 is 2.00 bits per heavy atom. The number of fused-ring (bicyclic) bond motifs is 8. The van der Waals surface area contributed by atoms with Gasteiger partial charge in [-0.25, -0.2) is 4.79 Å². The molecule has 3 fully saturated rings. The predicted molar refractivity (Wildman–Crippen MR) is 148 cm³/mol. The maximum absolute atomic E-state index is 13.9. The summed E-state index contributed by atoms with van der Waals surface area (Å²) in [5, 5.41) is 0.914. The highest BCUT2D eigenvalue weighted by molar-refractivity contribution is 5.86. The number of likely N-dealkylation sites (tertiary alicyclic amines) is 1. The topological polar surface area (TPSA) is 63.0 Å². The first-order chi connectivity index (χ1) is 18.3. The molecule has 0 saturated carbocycles. The van der Waals surface area contributed by atoms with E-state index in [-0.39, 0.29) is 24.0 Å². The van der Waals surface area contributed by atoms with Gasteiger partial charge in [-0.2, -0.15) is 0 Å². The molecular weight excluding hydrogens is 476 g/mol. The summed E-state index contributed by atoms with van der Waals surface area (Å²) in [4.78, 5) is 31.9. The Balaban J connectivity index is 1.18. The Morgan fingerprint density at radius 1 is 1.13 bits per heavy atom. The first kappa shape index (κ1) is 24.4. The van der Waals surface area contributed by atoms with Gasteiger partial charge in [0.15, 0.2) is 0 Å². The number of rotatable bonds is 2. The van der Waals surface area contributed by atoms with Crippen molar-refractivity contribution in [1.29, 1.82) is 0 Å². The standard InChI is InChI=1S/C32H40N2O4/c1-19-24-15-20-9-10-32(2,3)38-27(20)17-28(24)37-31(36)25(19)16-29(35)34-12-6-7-21-13-22-14-23(30(21)34)18-33-11-5-4-8-26(22)33/h13,15,17,22-23,26,30H,4-12,14,16,18H2,1-3H3/t22-,23-,26+,30+/m0/s1. The molecule has 38 heavy (non-hydrogen) atoms. The summed E-state index contributed by atoms with van der Waals surface area (Å²) >= 11 is 0. The molecule has 2 bridgehead atoms. The van der Waals surface area contributed by atoms with Gasteiger partial charge in [-0.1, -0.05) is 18.1 Å². The Hall–Kier alpha value is -2.60. The number of carbonyl (C=O) groups is 1. The van der Waals surface area contributed by atoms with Gasteiger partial charge in [0.05, 0.1) is 18.0 Å². The van der Waals surface area contributed by atoms with Gasteiger partial charge in [-0.05, 0) is 101 Å². The third-order valence-corrected chi connectivity index (χ3v) is 10.2. The van der Waals surface area contributed by atoms with Gasteiger partial charge in [-0.15, -0.1) is 0 Å². The lowest BCUT2D eigenvalue weighted by molar-refractivity contribution is -0.135. The van der Waals surface area contributed by atoms with E-state index in [1.54, 1.807) is 0 Å². The van der Waals surface area contributed by atoms with Crippen LogP contribution in [0.5, 0.6) is 5.75 Å². The van der Waals surface area contributed by atoms with E-state index < -0.39 is 5.63 Å². The summed E-state index contributed by atoms with van der Waals surface area (Å²) in [5.74, 6) is 2.01. The number of piperidine rings is 3. The molecule has 0 unspecified atom stereocenters. The van der Waals surface area contributed by atoms with Crippen molar-refractivity contribution in [3.8, 4) is 5.75 Å². The molecule has 1 aliphatic carbocycles. The van der Waals surface area contributed by atoms with Gasteiger partial charge in [0.25, 0.3) is 0 Å². The molecule has 0 N–H and O–H groups in total. The van der Waals surface area contributed by atoms with Crippen LogP contribution in [0.15, 0.2) is 33.0 Å². The fraction of sp³-hybridized carbons (Fsp3) is 0.625. The molecule has 1 amide bonds. The van der Waals surface area contributed by atoms with Crippen molar-refractivity contribution in [3.63, 3.8) is 0 Å². The molecule has 6 heteroatoms. The summed E-state index contributed by atoms with van der Waals surface area (Å²) in [6.45, 7) is 9.22. The average Bonchev–Trinajstić information content (AvgIpc) is 2.89. The van der Waals surface area contributed by atoms with Crippen LogP contribution < -0.4 is 10.4 Å². The van der Waals surface area contributed by atoms with Crippen molar-refractivity contribution < 1.29 is 13.9 Å². The summed E-state index contributed by atoms with van der Waals surface area (Å²) in [7, 11) is 0. The molecule has 4 aliphatic heterocycles. The maximum atomic E-state index is 13.9. The summed E-state index contributed by atoms with van der Waals surface area (Å²) < 4.78 is 12.0. The van der Waals surface area contributed by atoms with Crippen LogP contribution in [0, 0.1) is 18.8 Å². The predicted octanol–water partition coefficient (Wildman–Crippen LogP) is 5.17. The van der Waals surface area contributed by atoms with Crippen LogP contribution >= 0.6 is 0 Å². The zero-order chi connectivity index (χ0) is 26.2. The summed E-state index contributed by atoms with van der Waals surface area (Å²) in [6.07, 6.45) is 11.8. The van der Waals surface area contributed by atoms with Crippen molar-refractivity contribution >= 4 is 16.9 Å². The van der Waals surface area contributed by atoms with Crippen LogP contribution in [0.1, 0.15) is 75.5 Å². The molecule has 5 aliphatic rings. The van der Waals surface area contributed by atoms with Crippen LogP contribution in [-0.2, 0) is 17.6 Å². The monoisotopic (exact) mass is 516 g/mol. The molecule has 7 rings (SSSR count). The second kappa shape index (κ2) is 8.97. The molecule has 1 aromatic carbocycles. The highest BCUT2D eigenvalue weighted by Crippen LogP contribution is 2.45. The van der Waals surface area contributed by atoms with E-state index in [2.05, 4.69) is 35.8 Å². The minimum absolute atomic E-state index is 0.0672. The normalized spacial score (nSPS) is 30.1. The van der Waals surface area contributed by atoms with Gasteiger partial charge >= 0.3 is 5.63 Å². The second-order valence-electron chi connectivity index (χ2n) is 13.1. The van der Waals surface area contributed by atoms with Crippen molar-refractivity contribution in [2.24, 2.45) is 11.8 Å². The molecule has 1 aromatic heterocycles. The van der Waals surface area contributed by atoms with Gasteiger partial charge in [0.2, 0.25) is 5.91 Å². The third-order valence-electron chi connectivity index (χ3n) is 10.2. The van der Waals surface area contributed by atoms with E-state index in [0.717, 1.165) is 61.0 Å². The first-order valence-electron chi connectivity index (χ1n) is 14.8. The minimum Gasteiger partial charge on any atom is -0.487 e. The van der Waals surface area contributed by atoms with Crippen LogP contribution in [0.4, 0.5) is 0 Å². The molecule has 0 radical (unpaired) electrons.